The van der Waals surface area contributed by atoms with Gasteiger partial charge in [-0.05, 0) is 0 Å². The zero-order valence-corrected chi connectivity index (χ0v) is 5.13. The Morgan fingerprint density at radius 2 is 1.80 bits per heavy atom. The first kappa shape index (κ1) is 5.40. The molecule has 1 saturated heterocycles. The van der Waals surface area contributed by atoms with Crippen molar-refractivity contribution in [3.8, 4) is 0 Å². The molecule has 1 fully saturated rings. The van der Waals surface area contributed by atoms with E-state index >= 15 is 0 Å². The van der Waals surface area contributed by atoms with Crippen LogP contribution < -0.4 is 5.43 Å². The summed E-state index contributed by atoms with van der Waals surface area (Å²) >= 11 is 0. The summed E-state index contributed by atoms with van der Waals surface area (Å²) in [5.74, 6) is 0.0787. The highest BCUT2D eigenvalue weighted by atomic mass is 16.2. The number of carbonyl (C=O) groups excluding carboxylic acids is 2. The number of hydrogen-bond donors (Lipinski definition) is 1. The van der Waals surface area contributed by atoms with Gasteiger partial charge in [0.05, 0.1) is 0 Å². The number of likely N-dealkylation sites (tertiary alicyclic amines) is 1. The van der Waals surface area contributed by atoms with Gasteiger partial charge >= 0.3 is 0 Å². The molecule has 0 bridgehead atoms. The van der Waals surface area contributed by atoms with E-state index < -0.39 is 0 Å². The van der Waals surface area contributed by atoms with Crippen molar-refractivity contribution in [2.45, 2.75) is 12.8 Å². The van der Waals surface area contributed by atoms with Crippen LogP contribution in [0.15, 0.2) is 5.10 Å². The van der Waals surface area contributed by atoms with Crippen molar-refractivity contribution >= 4 is 17.8 Å². The molecule has 0 unspecified atom stereocenters. The molecule has 0 aromatic carbocycles. The third kappa shape index (κ3) is 0.601. The first-order chi connectivity index (χ1) is 4.79. The predicted molar refractivity (Wildman–Crippen MR) is 31.7 cm³/mol. The van der Waals surface area contributed by atoms with Crippen molar-refractivity contribution in [2.75, 3.05) is 0 Å². The zero-order chi connectivity index (χ0) is 7.14. The maximum Gasteiger partial charge on any atom is 0.251 e. The summed E-state index contributed by atoms with van der Waals surface area (Å²) in [4.78, 5) is 22.8. The van der Waals surface area contributed by atoms with E-state index in [2.05, 4.69) is 10.5 Å². The molecule has 0 saturated carbocycles. The predicted octanol–water partition coefficient (Wildman–Crippen LogP) is -0.990. The molecule has 2 amide bonds. The lowest BCUT2D eigenvalue weighted by atomic mass is 10.4. The van der Waals surface area contributed by atoms with Gasteiger partial charge < -0.3 is 0 Å². The van der Waals surface area contributed by atoms with Crippen molar-refractivity contribution < 1.29 is 9.59 Å². The number of nitrogens with one attached hydrogen (secondary N) is 1. The van der Waals surface area contributed by atoms with Gasteiger partial charge in [0, 0.05) is 12.8 Å². The van der Waals surface area contributed by atoms with Gasteiger partial charge in [-0.3, -0.25) is 9.59 Å². The summed E-state index contributed by atoms with van der Waals surface area (Å²) in [5, 5.41) is 3.54. The molecule has 2 heterocycles. The highest BCUT2D eigenvalue weighted by molar-refractivity contribution is 6.18. The third-order valence-electron chi connectivity index (χ3n) is 1.48. The van der Waals surface area contributed by atoms with E-state index in [0.29, 0.717) is 18.8 Å². The zero-order valence-electron chi connectivity index (χ0n) is 5.13. The number of rotatable bonds is 0. The summed E-state index contributed by atoms with van der Waals surface area (Å²) in [5.41, 5.74) is 2.46. The van der Waals surface area contributed by atoms with E-state index in [4.69, 9.17) is 0 Å². The molecule has 0 radical (unpaired) electrons. The molecule has 0 atom stereocenters. The molecule has 5 heteroatoms. The molecule has 2 aliphatic heterocycles. The van der Waals surface area contributed by atoms with Gasteiger partial charge in [0.25, 0.3) is 5.96 Å². The van der Waals surface area contributed by atoms with Crippen LogP contribution in [0.4, 0.5) is 0 Å². The van der Waals surface area contributed by atoms with Gasteiger partial charge in [-0.15, -0.1) is 5.10 Å². The first-order valence-electron chi connectivity index (χ1n) is 2.98. The molecule has 0 spiro atoms. The normalized spacial score (nSPS) is 22.8. The molecule has 0 aromatic heterocycles. The van der Waals surface area contributed by atoms with Crippen molar-refractivity contribution in [2.24, 2.45) is 5.10 Å². The fourth-order valence-electron chi connectivity index (χ4n) is 0.938. The molecule has 0 aliphatic carbocycles. The van der Waals surface area contributed by atoms with Gasteiger partial charge in [-0.2, -0.15) is 0 Å². The topological polar surface area (TPSA) is 71.7 Å². The summed E-state index contributed by atoms with van der Waals surface area (Å²) < 4.78 is 0. The van der Waals surface area contributed by atoms with E-state index in [0.717, 1.165) is 4.90 Å². The number of hydrazone groups is 1. The molecule has 0 aromatic rings. The minimum atomic E-state index is -0.159. The third-order valence-corrected chi connectivity index (χ3v) is 1.48. The highest BCUT2D eigenvalue weighted by Crippen LogP contribution is 2.13. The van der Waals surface area contributed by atoms with Crippen LogP contribution in [0.3, 0.4) is 0 Å². The van der Waals surface area contributed by atoms with E-state index in [-0.39, 0.29) is 11.8 Å². The Kier molecular flexibility index (Phi) is 0.841. The number of hydrogen-bond acceptors (Lipinski definition) is 4. The van der Waals surface area contributed by atoms with Crippen LogP contribution in [0.2, 0.25) is 0 Å². The Morgan fingerprint density at radius 1 is 1.30 bits per heavy atom. The second-order valence-corrected chi connectivity index (χ2v) is 2.17. The summed E-state index contributed by atoms with van der Waals surface area (Å²) in [6, 6.07) is 0. The van der Waals surface area contributed by atoms with Crippen LogP contribution in [-0.4, -0.2) is 22.7 Å². The van der Waals surface area contributed by atoms with Crippen molar-refractivity contribution in [3.63, 3.8) is 0 Å². The average Bonchev–Trinajstić information content (AvgIpc) is 2.64. The van der Waals surface area contributed by atoms with Crippen molar-refractivity contribution in [3.05, 3.63) is 0 Å². The maximum atomic E-state index is 10.9. The summed E-state index contributed by atoms with van der Waals surface area (Å²) in [7, 11) is 0. The second kappa shape index (κ2) is 1.56. The fraction of sp³-hybridized carbons (Fsp3) is 0.400. The summed E-state index contributed by atoms with van der Waals surface area (Å²) in [6.07, 6.45) is 0.638. The number of guanidine groups is 1. The van der Waals surface area contributed by atoms with E-state index in [9.17, 15) is 9.59 Å². The maximum absolute atomic E-state index is 10.9. The van der Waals surface area contributed by atoms with E-state index in [1.165, 1.54) is 0 Å². The molecule has 2 aliphatic rings. The molecule has 5 nitrogen and oxygen atoms in total. The number of imide groups is 1. The SMILES string of the molecule is O=C1CCC(=O)N1C1=NN1. The molecule has 10 heavy (non-hydrogen) atoms. The summed E-state index contributed by atoms with van der Waals surface area (Å²) in [6.45, 7) is 0. The van der Waals surface area contributed by atoms with Crippen molar-refractivity contribution in [1.29, 1.82) is 0 Å². The minimum Gasteiger partial charge on any atom is -0.274 e. The minimum absolute atomic E-state index is 0.159. The van der Waals surface area contributed by atoms with E-state index in [1.807, 2.05) is 0 Å². The molecule has 52 valence electrons. The molecular weight excluding hydrogens is 134 g/mol. The molecule has 1 N–H and O–H groups in total. The largest absolute Gasteiger partial charge is 0.274 e. The first-order valence-corrected chi connectivity index (χ1v) is 2.98. The fourth-order valence-corrected chi connectivity index (χ4v) is 0.938. The van der Waals surface area contributed by atoms with Crippen LogP contribution in [0, 0.1) is 0 Å². The van der Waals surface area contributed by atoms with Crippen LogP contribution in [-0.2, 0) is 9.59 Å². The molecular formula is C5H5N3O2. The Hall–Kier alpha value is -1.39. The van der Waals surface area contributed by atoms with Crippen LogP contribution in [0.25, 0.3) is 0 Å². The average molecular weight is 139 g/mol. The lowest BCUT2D eigenvalue weighted by Crippen LogP contribution is -2.33. The van der Waals surface area contributed by atoms with Gasteiger partial charge in [-0.25, -0.2) is 10.3 Å². The van der Waals surface area contributed by atoms with Crippen LogP contribution in [0.1, 0.15) is 12.8 Å². The van der Waals surface area contributed by atoms with Gasteiger partial charge in [0.15, 0.2) is 0 Å². The quantitative estimate of drug-likeness (QED) is 0.438. The number of amides is 2. The Labute approximate surface area is 56.7 Å². The van der Waals surface area contributed by atoms with Crippen LogP contribution >= 0.6 is 0 Å². The number of carbonyl (C=O) groups is 2. The lowest BCUT2D eigenvalue weighted by Gasteiger charge is -2.02. The van der Waals surface area contributed by atoms with Gasteiger partial charge in [0.1, 0.15) is 0 Å². The van der Waals surface area contributed by atoms with E-state index in [1.54, 1.807) is 0 Å². The van der Waals surface area contributed by atoms with Crippen molar-refractivity contribution in [1.82, 2.24) is 10.3 Å². The Morgan fingerprint density at radius 3 is 2.20 bits per heavy atom. The standard InChI is InChI=1S/C5H5N3O2/c9-3-1-2-4(10)8(3)5-6-7-5/h1-2H2,(H,6,7). The van der Waals surface area contributed by atoms with Gasteiger partial charge in [-0.1, -0.05) is 0 Å². The second-order valence-electron chi connectivity index (χ2n) is 2.17. The monoisotopic (exact) mass is 139 g/mol. The number of nitrogens with zero attached hydrogens (tertiary/aromatic N) is 2. The molecule has 2 rings (SSSR count). The van der Waals surface area contributed by atoms with Crippen LogP contribution in [0.5, 0.6) is 0 Å². The Balaban J connectivity index is 2.23. The smallest absolute Gasteiger partial charge is 0.251 e. The Bertz CT molecular complexity index is 229. The van der Waals surface area contributed by atoms with Gasteiger partial charge in [0.2, 0.25) is 11.8 Å². The lowest BCUT2D eigenvalue weighted by molar-refractivity contribution is -0.133. The highest BCUT2D eigenvalue weighted by Gasteiger charge is 2.36.